The summed E-state index contributed by atoms with van der Waals surface area (Å²) >= 11 is 1.85. The number of nitrogens with one attached hydrogen (secondary N) is 1. The lowest BCUT2D eigenvalue weighted by molar-refractivity contribution is 0.313. The molecule has 4 heteroatoms. The van der Waals surface area contributed by atoms with Gasteiger partial charge >= 0.3 is 0 Å². The second-order valence-electron chi connectivity index (χ2n) is 6.83. The highest BCUT2D eigenvalue weighted by molar-refractivity contribution is 7.15. The molecule has 0 spiro atoms. The van der Waals surface area contributed by atoms with Crippen LogP contribution in [-0.4, -0.2) is 24.6 Å². The third kappa shape index (κ3) is 4.96. The van der Waals surface area contributed by atoms with Crippen LogP contribution in [-0.2, 0) is 6.54 Å². The fraction of sp³-hybridized carbons (Fsp3) is 0.824. The number of nitrogens with zero attached hydrogens (tertiary/aromatic N) is 2. The molecule has 1 heterocycles. The Morgan fingerprint density at radius 3 is 2.67 bits per heavy atom. The van der Waals surface area contributed by atoms with Crippen molar-refractivity contribution < 1.29 is 0 Å². The smallest absolute Gasteiger partial charge is 0.185 e. The standard InChI is InChI=1S/C17H31N3S/c1-5-14-6-8-15(9-7-14)20(4)17-19-12-16(21-17)11-18-10-13(2)3/h12-15,18H,5-11H2,1-4H3. The van der Waals surface area contributed by atoms with Crippen molar-refractivity contribution in [3.8, 4) is 0 Å². The van der Waals surface area contributed by atoms with E-state index in [-0.39, 0.29) is 0 Å². The van der Waals surface area contributed by atoms with Crippen molar-refractivity contribution in [3.05, 3.63) is 11.1 Å². The molecule has 120 valence electrons. The molecule has 0 bridgehead atoms. The van der Waals surface area contributed by atoms with Gasteiger partial charge in [-0.25, -0.2) is 4.98 Å². The van der Waals surface area contributed by atoms with Crippen LogP contribution in [0.1, 0.15) is 57.8 Å². The molecule has 1 fully saturated rings. The van der Waals surface area contributed by atoms with Crippen LogP contribution in [0.4, 0.5) is 5.13 Å². The normalized spacial score (nSPS) is 22.7. The van der Waals surface area contributed by atoms with Crippen molar-refractivity contribution in [2.75, 3.05) is 18.5 Å². The van der Waals surface area contributed by atoms with Crippen molar-refractivity contribution >= 4 is 16.5 Å². The van der Waals surface area contributed by atoms with Gasteiger partial charge in [0, 0.05) is 30.7 Å². The van der Waals surface area contributed by atoms with Gasteiger partial charge in [-0.05, 0) is 44.1 Å². The molecule has 0 radical (unpaired) electrons. The van der Waals surface area contributed by atoms with E-state index < -0.39 is 0 Å². The molecular weight excluding hydrogens is 278 g/mol. The summed E-state index contributed by atoms with van der Waals surface area (Å²) in [6, 6.07) is 0.690. The number of hydrogen-bond acceptors (Lipinski definition) is 4. The van der Waals surface area contributed by atoms with E-state index >= 15 is 0 Å². The number of thiazole rings is 1. The van der Waals surface area contributed by atoms with E-state index in [4.69, 9.17) is 0 Å². The van der Waals surface area contributed by atoms with Crippen LogP contribution >= 0.6 is 11.3 Å². The van der Waals surface area contributed by atoms with E-state index in [2.05, 4.69) is 43.0 Å². The van der Waals surface area contributed by atoms with E-state index in [0.29, 0.717) is 12.0 Å². The van der Waals surface area contributed by atoms with Gasteiger partial charge in [0.1, 0.15) is 0 Å². The lowest BCUT2D eigenvalue weighted by atomic mass is 9.84. The highest BCUT2D eigenvalue weighted by atomic mass is 32.1. The Hall–Kier alpha value is -0.610. The summed E-state index contributed by atoms with van der Waals surface area (Å²) in [6.07, 6.45) is 8.82. The van der Waals surface area contributed by atoms with Crippen molar-refractivity contribution in [1.82, 2.24) is 10.3 Å². The molecule has 0 saturated heterocycles. The predicted octanol–water partition coefficient (Wildman–Crippen LogP) is 4.29. The van der Waals surface area contributed by atoms with Gasteiger partial charge in [-0.15, -0.1) is 11.3 Å². The van der Waals surface area contributed by atoms with Gasteiger partial charge in [-0.3, -0.25) is 0 Å². The Morgan fingerprint density at radius 1 is 1.33 bits per heavy atom. The summed E-state index contributed by atoms with van der Waals surface area (Å²) in [6.45, 7) is 8.83. The molecule has 1 aliphatic carbocycles. The lowest BCUT2D eigenvalue weighted by Gasteiger charge is -2.34. The molecule has 3 nitrogen and oxygen atoms in total. The van der Waals surface area contributed by atoms with Crippen LogP contribution in [0.25, 0.3) is 0 Å². The molecule has 1 N–H and O–H groups in total. The molecule has 1 aromatic heterocycles. The molecular formula is C17H31N3S. The van der Waals surface area contributed by atoms with Crippen LogP contribution in [0.5, 0.6) is 0 Å². The summed E-state index contributed by atoms with van der Waals surface area (Å²) < 4.78 is 0. The third-order valence-electron chi connectivity index (χ3n) is 4.64. The Labute approximate surface area is 134 Å². The third-order valence-corrected chi connectivity index (χ3v) is 5.72. The van der Waals surface area contributed by atoms with Crippen LogP contribution in [0.15, 0.2) is 6.20 Å². The average Bonchev–Trinajstić information content (AvgIpc) is 2.95. The first-order valence-corrected chi connectivity index (χ1v) is 9.30. The minimum Gasteiger partial charge on any atom is -0.348 e. The zero-order chi connectivity index (χ0) is 15.2. The molecule has 0 amide bonds. The second-order valence-corrected chi connectivity index (χ2v) is 7.92. The minimum atomic E-state index is 0.690. The van der Waals surface area contributed by atoms with E-state index in [1.807, 2.05) is 17.5 Å². The topological polar surface area (TPSA) is 28.2 Å². The van der Waals surface area contributed by atoms with Gasteiger partial charge in [-0.1, -0.05) is 27.2 Å². The molecule has 2 rings (SSSR count). The summed E-state index contributed by atoms with van der Waals surface area (Å²) in [4.78, 5) is 8.40. The van der Waals surface area contributed by atoms with Gasteiger partial charge in [0.15, 0.2) is 5.13 Å². The largest absolute Gasteiger partial charge is 0.348 e. The first-order chi connectivity index (χ1) is 10.1. The van der Waals surface area contributed by atoms with Gasteiger partial charge in [0.2, 0.25) is 0 Å². The summed E-state index contributed by atoms with van der Waals surface area (Å²) in [5, 5.41) is 4.69. The zero-order valence-electron chi connectivity index (χ0n) is 14.1. The SMILES string of the molecule is CCC1CCC(N(C)c2ncc(CNCC(C)C)s2)CC1. The molecule has 1 saturated carbocycles. The Balaban J connectivity index is 1.83. The van der Waals surface area contributed by atoms with Gasteiger partial charge < -0.3 is 10.2 Å². The summed E-state index contributed by atoms with van der Waals surface area (Å²) in [7, 11) is 2.22. The predicted molar refractivity (Wildman–Crippen MR) is 93.1 cm³/mol. The van der Waals surface area contributed by atoms with E-state index in [1.54, 1.807) is 0 Å². The first-order valence-electron chi connectivity index (χ1n) is 8.48. The zero-order valence-corrected chi connectivity index (χ0v) is 14.9. The minimum absolute atomic E-state index is 0.690. The van der Waals surface area contributed by atoms with Gasteiger partial charge in [0.05, 0.1) is 0 Å². The number of rotatable bonds is 7. The van der Waals surface area contributed by atoms with E-state index in [0.717, 1.165) is 19.0 Å². The highest BCUT2D eigenvalue weighted by Crippen LogP contribution is 2.32. The molecule has 1 aromatic rings. The summed E-state index contributed by atoms with van der Waals surface area (Å²) in [5.74, 6) is 1.66. The Bertz CT molecular complexity index is 408. The van der Waals surface area contributed by atoms with E-state index in [1.165, 1.54) is 42.1 Å². The van der Waals surface area contributed by atoms with Gasteiger partial charge in [0.25, 0.3) is 0 Å². The van der Waals surface area contributed by atoms with Crippen LogP contribution < -0.4 is 10.2 Å². The Morgan fingerprint density at radius 2 is 2.05 bits per heavy atom. The molecule has 21 heavy (non-hydrogen) atoms. The number of aromatic nitrogens is 1. The van der Waals surface area contributed by atoms with Crippen molar-refractivity contribution in [3.63, 3.8) is 0 Å². The van der Waals surface area contributed by atoms with Crippen LogP contribution in [0.3, 0.4) is 0 Å². The maximum Gasteiger partial charge on any atom is 0.185 e. The van der Waals surface area contributed by atoms with E-state index in [9.17, 15) is 0 Å². The lowest BCUT2D eigenvalue weighted by Crippen LogP contribution is -2.35. The molecule has 0 aromatic carbocycles. The molecule has 0 unspecified atom stereocenters. The Kier molecular flexibility index (Phi) is 6.49. The fourth-order valence-corrected chi connectivity index (χ4v) is 4.04. The van der Waals surface area contributed by atoms with Gasteiger partial charge in [-0.2, -0.15) is 0 Å². The fourth-order valence-electron chi connectivity index (χ4n) is 3.12. The number of hydrogen-bond donors (Lipinski definition) is 1. The quantitative estimate of drug-likeness (QED) is 0.814. The molecule has 1 aliphatic rings. The first kappa shape index (κ1) is 16.8. The van der Waals surface area contributed by atoms with Crippen LogP contribution in [0.2, 0.25) is 0 Å². The highest BCUT2D eigenvalue weighted by Gasteiger charge is 2.24. The monoisotopic (exact) mass is 309 g/mol. The van der Waals surface area contributed by atoms with Crippen LogP contribution in [0, 0.1) is 11.8 Å². The summed E-state index contributed by atoms with van der Waals surface area (Å²) in [5.41, 5.74) is 0. The molecule has 0 atom stereocenters. The molecule has 0 aliphatic heterocycles. The average molecular weight is 310 g/mol. The maximum absolute atomic E-state index is 4.63. The second kappa shape index (κ2) is 8.14. The number of anilines is 1. The maximum atomic E-state index is 4.63. The van der Waals surface area contributed by atoms with Crippen molar-refractivity contribution in [1.29, 1.82) is 0 Å². The van der Waals surface area contributed by atoms with Crippen molar-refractivity contribution in [2.24, 2.45) is 11.8 Å². The van der Waals surface area contributed by atoms with Crippen molar-refractivity contribution in [2.45, 2.75) is 65.5 Å².